The summed E-state index contributed by atoms with van der Waals surface area (Å²) in [7, 11) is 1.82. The van der Waals surface area contributed by atoms with E-state index < -0.39 is 12.1 Å². The molecule has 0 radical (unpaired) electrons. The van der Waals surface area contributed by atoms with E-state index in [1.807, 2.05) is 11.9 Å². The van der Waals surface area contributed by atoms with Crippen LogP contribution in [-0.4, -0.2) is 104 Å². The van der Waals surface area contributed by atoms with Crippen LogP contribution >= 0.6 is 0 Å². The van der Waals surface area contributed by atoms with Gasteiger partial charge in [-0.05, 0) is 44.1 Å². The molecular formula is C30H46F3N5O5. The number of likely N-dealkylation sites (tertiary alicyclic amines) is 2. The first kappa shape index (κ1) is 33.1. The standard InChI is InChI=1S/C28H45N5O3.C2HF3O2/c1-3-4-10-25-28(36-27(35)33(25)21-22-8-6-5-7-9-22)14-19-31(20-15-28)23-12-17-32(18-13-23)26(34)24-11-16-29-30(24)2;3-2(4,5)1(6)7/h11,16,22-23,25H,3-10,12-15,17-21H2,1-2H3;(H,6,7). The number of piperidine rings is 2. The topological polar surface area (TPSA) is 108 Å². The van der Waals surface area contributed by atoms with Crippen molar-refractivity contribution in [3.05, 3.63) is 18.0 Å². The summed E-state index contributed by atoms with van der Waals surface area (Å²) in [6.07, 6.45) is 10.2. The second kappa shape index (κ2) is 14.3. The lowest BCUT2D eigenvalue weighted by atomic mass is 9.80. The van der Waals surface area contributed by atoms with Crippen LogP contribution in [0.25, 0.3) is 0 Å². The Kier molecular flexibility index (Phi) is 11.0. The Morgan fingerprint density at radius 1 is 1.07 bits per heavy atom. The summed E-state index contributed by atoms with van der Waals surface area (Å²) < 4.78 is 39.7. The van der Waals surface area contributed by atoms with Gasteiger partial charge in [-0.15, -0.1) is 0 Å². The van der Waals surface area contributed by atoms with Crippen LogP contribution in [0.1, 0.15) is 94.5 Å². The molecule has 1 aromatic heterocycles. The Balaban J connectivity index is 0.000000541. The maximum absolute atomic E-state index is 13.1. The summed E-state index contributed by atoms with van der Waals surface area (Å²) >= 11 is 0. The first-order chi connectivity index (χ1) is 20.4. The zero-order valence-electron chi connectivity index (χ0n) is 25.4. The summed E-state index contributed by atoms with van der Waals surface area (Å²) in [5.41, 5.74) is 0.348. The van der Waals surface area contributed by atoms with Gasteiger partial charge in [-0.1, -0.05) is 39.0 Å². The molecule has 1 saturated carbocycles. The minimum Gasteiger partial charge on any atom is -0.475 e. The van der Waals surface area contributed by atoms with Gasteiger partial charge in [0, 0.05) is 64.9 Å². The average molecular weight is 614 g/mol. The molecule has 3 aliphatic heterocycles. The van der Waals surface area contributed by atoms with E-state index in [9.17, 15) is 22.8 Å². The molecule has 3 saturated heterocycles. The number of carbonyl (C=O) groups is 3. The predicted octanol–water partition coefficient (Wildman–Crippen LogP) is 5.08. The number of halogens is 3. The van der Waals surface area contributed by atoms with E-state index in [0.29, 0.717) is 17.7 Å². The van der Waals surface area contributed by atoms with Gasteiger partial charge in [0.2, 0.25) is 0 Å². The van der Waals surface area contributed by atoms with Gasteiger partial charge in [-0.25, -0.2) is 9.59 Å². The largest absolute Gasteiger partial charge is 0.490 e. The smallest absolute Gasteiger partial charge is 0.475 e. The molecule has 4 aliphatic rings. The number of hydrogen-bond donors (Lipinski definition) is 1. The Hall–Kier alpha value is -2.83. The van der Waals surface area contributed by atoms with E-state index >= 15 is 0 Å². The van der Waals surface area contributed by atoms with E-state index in [0.717, 1.165) is 77.7 Å². The molecule has 10 nitrogen and oxygen atoms in total. The Morgan fingerprint density at radius 3 is 2.23 bits per heavy atom. The van der Waals surface area contributed by atoms with Gasteiger partial charge in [0.25, 0.3) is 5.91 Å². The van der Waals surface area contributed by atoms with Gasteiger partial charge in [-0.3, -0.25) is 14.4 Å². The number of carbonyl (C=O) groups excluding carboxylic acids is 2. The quantitative estimate of drug-likeness (QED) is 0.457. The third-order valence-corrected chi connectivity index (χ3v) is 9.71. The first-order valence-electron chi connectivity index (χ1n) is 15.8. The van der Waals surface area contributed by atoms with E-state index in [1.165, 1.54) is 32.1 Å². The molecule has 5 rings (SSSR count). The minimum absolute atomic E-state index is 0.0582. The van der Waals surface area contributed by atoms with Crippen molar-refractivity contribution in [1.29, 1.82) is 0 Å². The first-order valence-corrected chi connectivity index (χ1v) is 15.8. The van der Waals surface area contributed by atoms with E-state index in [-0.39, 0.29) is 23.6 Å². The molecule has 1 atom stereocenters. The number of amides is 2. The van der Waals surface area contributed by atoms with Gasteiger partial charge in [-0.2, -0.15) is 18.3 Å². The Labute approximate surface area is 251 Å². The molecule has 0 bridgehead atoms. The maximum atomic E-state index is 13.1. The number of alkyl halides is 3. The molecular weight excluding hydrogens is 567 g/mol. The van der Waals surface area contributed by atoms with Crippen LogP contribution in [0.5, 0.6) is 0 Å². The number of carboxylic acids is 1. The van der Waals surface area contributed by atoms with Crippen LogP contribution in [0.3, 0.4) is 0 Å². The van der Waals surface area contributed by atoms with Gasteiger partial charge in [0.05, 0.1) is 6.04 Å². The Morgan fingerprint density at radius 2 is 1.70 bits per heavy atom. The fraction of sp³-hybridized carbons (Fsp3) is 0.800. The number of aromatic nitrogens is 2. The number of aliphatic carboxylic acids is 1. The van der Waals surface area contributed by atoms with Gasteiger partial charge in [0.15, 0.2) is 0 Å². The number of ether oxygens (including phenoxy) is 1. The molecule has 13 heteroatoms. The van der Waals surface area contributed by atoms with Crippen LogP contribution in [0.4, 0.5) is 18.0 Å². The summed E-state index contributed by atoms with van der Waals surface area (Å²) in [5.74, 6) is -2.03. The van der Waals surface area contributed by atoms with E-state index in [1.54, 1.807) is 16.9 Å². The highest BCUT2D eigenvalue weighted by Crippen LogP contribution is 2.43. The number of nitrogens with zero attached hydrogens (tertiary/aromatic N) is 5. The molecule has 1 aromatic rings. The van der Waals surface area contributed by atoms with Crippen LogP contribution in [0.15, 0.2) is 12.3 Å². The molecule has 1 N–H and O–H groups in total. The lowest BCUT2D eigenvalue weighted by Gasteiger charge is -2.46. The van der Waals surface area contributed by atoms with Crippen molar-refractivity contribution >= 4 is 18.0 Å². The van der Waals surface area contributed by atoms with Crippen molar-refractivity contribution in [2.24, 2.45) is 13.0 Å². The number of rotatable bonds is 7. The highest BCUT2D eigenvalue weighted by Gasteiger charge is 2.55. The maximum Gasteiger partial charge on any atom is 0.490 e. The van der Waals surface area contributed by atoms with Crippen LogP contribution in [0, 0.1) is 5.92 Å². The highest BCUT2D eigenvalue weighted by atomic mass is 19.4. The van der Waals surface area contributed by atoms with Gasteiger partial charge in [0.1, 0.15) is 11.3 Å². The van der Waals surface area contributed by atoms with Crippen molar-refractivity contribution in [3.63, 3.8) is 0 Å². The molecule has 1 aliphatic carbocycles. The second-order valence-corrected chi connectivity index (χ2v) is 12.4. The van der Waals surface area contributed by atoms with E-state index in [2.05, 4.69) is 21.8 Å². The van der Waals surface area contributed by atoms with Gasteiger partial charge < -0.3 is 19.6 Å². The molecule has 43 heavy (non-hydrogen) atoms. The normalized spacial score (nSPS) is 23.7. The average Bonchev–Trinajstić information content (AvgIpc) is 3.52. The molecule has 1 spiro atoms. The molecule has 4 fully saturated rings. The summed E-state index contributed by atoms with van der Waals surface area (Å²) in [5, 5.41) is 11.3. The van der Waals surface area contributed by atoms with Crippen LogP contribution in [0.2, 0.25) is 0 Å². The predicted molar refractivity (Wildman–Crippen MR) is 152 cm³/mol. The lowest BCUT2D eigenvalue weighted by molar-refractivity contribution is -0.192. The zero-order chi connectivity index (χ0) is 31.2. The van der Waals surface area contributed by atoms with Crippen LogP contribution in [-0.2, 0) is 16.6 Å². The summed E-state index contributed by atoms with van der Waals surface area (Å²) in [6.45, 7) is 6.67. The third-order valence-electron chi connectivity index (χ3n) is 9.71. The van der Waals surface area contributed by atoms with E-state index in [4.69, 9.17) is 14.6 Å². The van der Waals surface area contributed by atoms with Crippen molar-refractivity contribution in [1.82, 2.24) is 24.5 Å². The summed E-state index contributed by atoms with van der Waals surface area (Å²) in [4.78, 5) is 41.6. The SMILES string of the molecule is CCCCC1N(CC2CCCCC2)C(=O)OC12CCN(C1CCN(C(=O)c3ccnn3C)CC1)CC2.O=C(O)C(F)(F)F. The fourth-order valence-electron chi connectivity index (χ4n) is 7.26. The molecule has 242 valence electrons. The van der Waals surface area contributed by atoms with Crippen molar-refractivity contribution in [2.45, 2.75) is 108 Å². The fourth-order valence-corrected chi connectivity index (χ4v) is 7.26. The molecule has 1 unspecified atom stereocenters. The number of aryl methyl sites for hydroxylation is 1. The van der Waals surface area contributed by atoms with Gasteiger partial charge >= 0.3 is 18.2 Å². The monoisotopic (exact) mass is 613 g/mol. The zero-order valence-corrected chi connectivity index (χ0v) is 25.4. The van der Waals surface area contributed by atoms with Crippen molar-refractivity contribution in [3.8, 4) is 0 Å². The lowest BCUT2D eigenvalue weighted by Crippen LogP contribution is -2.56. The molecule has 0 aromatic carbocycles. The Bertz CT molecular complexity index is 1090. The van der Waals surface area contributed by atoms with Crippen molar-refractivity contribution < 1.29 is 37.4 Å². The second-order valence-electron chi connectivity index (χ2n) is 12.4. The molecule has 2 amide bonds. The number of hydrogen-bond acceptors (Lipinski definition) is 6. The summed E-state index contributed by atoms with van der Waals surface area (Å²) in [6, 6.07) is 2.53. The highest BCUT2D eigenvalue weighted by molar-refractivity contribution is 5.92. The molecule has 4 heterocycles. The van der Waals surface area contributed by atoms with Crippen LogP contribution < -0.4 is 0 Å². The number of carboxylic acid groups (broad SMARTS) is 1. The minimum atomic E-state index is -5.08. The van der Waals surface area contributed by atoms with Crippen molar-refractivity contribution in [2.75, 3.05) is 32.7 Å². The third kappa shape index (κ3) is 8.02. The number of unbranched alkanes of at least 4 members (excludes halogenated alkanes) is 1.